The van der Waals surface area contributed by atoms with Gasteiger partial charge < -0.3 is 5.32 Å². The van der Waals surface area contributed by atoms with Crippen LogP contribution in [0.4, 0.5) is 0 Å². The lowest BCUT2D eigenvalue weighted by Crippen LogP contribution is -2.43. The van der Waals surface area contributed by atoms with Gasteiger partial charge >= 0.3 is 0 Å². The molecule has 0 fully saturated rings. The van der Waals surface area contributed by atoms with Crippen LogP contribution in [0.25, 0.3) is 0 Å². The summed E-state index contributed by atoms with van der Waals surface area (Å²) in [7, 11) is 1.91. The third-order valence-electron chi connectivity index (χ3n) is 2.84. The Hall–Kier alpha value is -1.20. The van der Waals surface area contributed by atoms with Crippen LogP contribution in [0, 0.1) is 0 Å². The molecular weight excluding hydrogens is 226 g/mol. The first-order chi connectivity index (χ1) is 8.47. The summed E-state index contributed by atoms with van der Waals surface area (Å²) in [5, 5.41) is 11.3. The first-order valence-electron chi connectivity index (χ1n) is 6.37. The molecule has 0 atom stereocenters. The van der Waals surface area contributed by atoms with Gasteiger partial charge in [-0.05, 0) is 27.8 Å². The third kappa shape index (κ3) is 4.58. The number of hydrogen-bond acceptors (Lipinski definition) is 4. The highest BCUT2D eigenvalue weighted by Crippen LogP contribution is 2.12. The number of hydrogen-bond donors (Lipinski definition) is 1. The first-order valence-corrected chi connectivity index (χ1v) is 6.37. The van der Waals surface area contributed by atoms with E-state index in [-0.39, 0.29) is 5.54 Å². The van der Waals surface area contributed by atoms with Crippen molar-refractivity contribution in [3.8, 4) is 0 Å². The quantitative estimate of drug-likeness (QED) is 0.742. The topological polar surface area (TPSA) is 46.0 Å². The van der Waals surface area contributed by atoms with Gasteiger partial charge in [-0.1, -0.05) is 11.3 Å². The molecule has 0 aliphatic carbocycles. The fraction of sp³-hybridized carbons (Fsp3) is 0.692. The fourth-order valence-electron chi connectivity index (χ4n) is 1.79. The van der Waals surface area contributed by atoms with Crippen molar-refractivity contribution in [1.29, 1.82) is 0 Å². The predicted molar refractivity (Wildman–Crippen MR) is 74.3 cm³/mol. The van der Waals surface area contributed by atoms with Crippen molar-refractivity contribution in [1.82, 2.24) is 25.2 Å². The van der Waals surface area contributed by atoms with Gasteiger partial charge in [0.05, 0.1) is 12.2 Å². The molecule has 0 unspecified atom stereocenters. The van der Waals surface area contributed by atoms with E-state index in [1.54, 1.807) is 0 Å². The molecule has 5 nitrogen and oxygen atoms in total. The SMILES string of the molecule is C=CCN(CCn1cc(CNC)nn1)C(C)(C)C. The molecule has 0 saturated carbocycles. The summed E-state index contributed by atoms with van der Waals surface area (Å²) in [6.45, 7) is 13.9. The molecule has 1 rings (SSSR count). The summed E-state index contributed by atoms with van der Waals surface area (Å²) in [6, 6.07) is 0. The van der Waals surface area contributed by atoms with Crippen molar-refractivity contribution in [2.24, 2.45) is 0 Å². The van der Waals surface area contributed by atoms with Crippen LogP contribution in [0.15, 0.2) is 18.9 Å². The standard InChI is InChI=1S/C13H25N5/c1-6-7-17(13(2,3)4)8-9-18-11-12(10-14-5)15-16-18/h6,11,14H,1,7-10H2,2-5H3. The van der Waals surface area contributed by atoms with Crippen molar-refractivity contribution in [2.75, 3.05) is 20.1 Å². The minimum atomic E-state index is 0.141. The van der Waals surface area contributed by atoms with Crippen LogP contribution >= 0.6 is 0 Å². The average Bonchev–Trinajstić information content (AvgIpc) is 2.71. The molecule has 0 saturated heterocycles. The number of rotatable bonds is 7. The first kappa shape index (κ1) is 14.9. The summed E-state index contributed by atoms with van der Waals surface area (Å²) < 4.78 is 1.90. The molecule has 0 bridgehead atoms. The lowest BCUT2D eigenvalue weighted by atomic mass is 10.1. The summed E-state index contributed by atoms with van der Waals surface area (Å²) in [4.78, 5) is 2.37. The molecule has 102 valence electrons. The maximum absolute atomic E-state index is 4.12. The number of nitrogens with zero attached hydrogens (tertiary/aromatic N) is 4. The highest BCUT2D eigenvalue weighted by Gasteiger charge is 2.19. The van der Waals surface area contributed by atoms with Gasteiger partial charge in [-0.25, -0.2) is 0 Å². The summed E-state index contributed by atoms with van der Waals surface area (Å²) in [5.74, 6) is 0. The highest BCUT2D eigenvalue weighted by molar-refractivity contribution is 4.91. The smallest absolute Gasteiger partial charge is 0.0964 e. The van der Waals surface area contributed by atoms with Gasteiger partial charge in [-0.3, -0.25) is 9.58 Å². The van der Waals surface area contributed by atoms with Crippen molar-refractivity contribution in [3.63, 3.8) is 0 Å². The predicted octanol–water partition coefficient (Wildman–Crippen LogP) is 1.28. The Balaban J connectivity index is 2.53. The second-order valence-corrected chi connectivity index (χ2v) is 5.41. The second kappa shape index (κ2) is 6.66. The monoisotopic (exact) mass is 251 g/mol. The van der Waals surface area contributed by atoms with Crippen molar-refractivity contribution in [2.45, 2.75) is 39.4 Å². The van der Waals surface area contributed by atoms with Crippen molar-refractivity contribution >= 4 is 0 Å². The summed E-state index contributed by atoms with van der Waals surface area (Å²) in [5.41, 5.74) is 1.12. The summed E-state index contributed by atoms with van der Waals surface area (Å²) in [6.07, 6.45) is 3.93. The van der Waals surface area contributed by atoms with E-state index in [2.05, 4.69) is 47.9 Å². The van der Waals surface area contributed by atoms with Crippen LogP contribution in [0.3, 0.4) is 0 Å². The molecular formula is C13H25N5. The number of aromatic nitrogens is 3. The van der Waals surface area contributed by atoms with E-state index >= 15 is 0 Å². The Morgan fingerprint density at radius 3 is 2.78 bits per heavy atom. The molecule has 0 aromatic carbocycles. The lowest BCUT2D eigenvalue weighted by Gasteiger charge is -2.34. The zero-order valence-corrected chi connectivity index (χ0v) is 12.0. The largest absolute Gasteiger partial charge is 0.314 e. The Bertz CT molecular complexity index is 364. The van der Waals surface area contributed by atoms with E-state index in [1.165, 1.54) is 0 Å². The molecule has 1 N–H and O–H groups in total. The van der Waals surface area contributed by atoms with Crippen LogP contribution in [0.1, 0.15) is 26.5 Å². The fourth-order valence-corrected chi connectivity index (χ4v) is 1.79. The van der Waals surface area contributed by atoms with Gasteiger partial charge in [0.2, 0.25) is 0 Å². The van der Waals surface area contributed by atoms with Gasteiger partial charge in [-0.15, -0.1) is 11.7 Å². The number of nitrogens with one attached hydrogen (secondary N) is 1. The minimum absolute atomic E-state index is 0.141. The van der Waals surface area contributed by atoms with Crippen molar-refractivity contribution in [3.05, 3.63) is 24.5 Å². The Morgan fingerprint density at radius 1 is 1.50 bits per heavy atom. The van der Waals surface area contributed by atoms with E-state index < -0.39 is 0 Å². The van der Waals surface area contributed by atoms with E-state index in [1.807, 2.05) is 24.0 Å². The zero-order valence-electron chi connectivity index (χ0n) is 12.0. The van der Waals surface area contributed by atoms with Crippen molar-refractivity contribution < 1.29 is 0 Å². The Labute approximate surface area is 110 Å². The third-order valence-corrected chi connectivity index (χ3v) is 2.84. The molecule has 0 amide bonds. The minimum Gasteiger partial charge on any atom is -0.314 e. The summed E-state index contributed by atoms with van der Waals surface area (Å²) >= 11 is 0. The normalized spacial score (nSPS) is 12.1. The van der Waals surface area contributed by atoms with Gasteiger partial charge in [0.25, 0.3) is 0 Å². The van der Waals surface area contributed by atoms with Gasteiger partial charge in [0.15, 0.2) is 0 Å². The molecule has 5 heteroatoms. The van der Waals surface area contributed by atoms with Gasteiger partial charge in [0, 0.05) is 31.4 Å². The lowest BCUT2D eigenvalue weighted by molar-refractivity contribution is 0.146. The van der Waals surface area contributed by atoms with E-state index in [0.29, 0.717) is 0 Å². The van der Waals surface area contributed by atoms with Crippen LogP contribution in [-0.4, -0.2) is 45.6 Å². The average molecular weight is 251 g/mol. The Kier molecular flexibility index (Phi) is 5.50. The van der Waals surface area contributed by atoms with Crippen LogP contribution < -0.4 is 5.32 Å². The van der Waals surface area contributed by atoms with E-state index in [4.69, 9.17) is 0 Å². The van der Waals surface area contributed by atoms with Gasteiger partial charge in [-0.2, -0.15) is 0 Å². The van der Waals surface area contributed by atoms with E-state index in [0.717, 1.165) is 31.9 Å². The molecule has 1 heterocycles. The highest BCUT2D eigenvalue weighted by atomic mass is 15.4. The van der Waals surface area contributed by atoms with E-state index in [9.17, 15) is 0 Å². The Morgan fingerprint density at radius 2 is 2.22 bits per heavy atom. The molecule has 1 aromatic rings. The van der Waals surface area contributed by atoms with Crippen LogP contribution in [-0.2, 0) is 13.1 Å². The maximum Gasteiger partial charge on any atom is 0.0964 e. The maximum atomic E-state index is 4.12. The van der Waals surface area contributed by atoms with Crippen LogP contribution in [0.2, 0.25) is 0 Å². The molecule has 0 radical (unpaired) electrons. The molecule has 0 aliphatic rings. The molecule has 18 heavy (non-hydrogen) atoms. The second-order valence-electron chi connectivity index (χ2n) is 5.41. The van der Waals surface area contributed by atoms with Crippen LogP contribution in [0.5, 0.6) is 0 Å². The molecule has 1 aromatic heterocycles. The van der Waals surface area contributed by atoms with Gasteiger partial charge in [0.1, 0.15) is 0 Å². The zero-order chi connectivity index (χ0) is 13.6. The molecule has 0 spiro atoms. The molecule has 0 aliphatic heterocycles.